The van der Waals surface area contributed by atoms with E-state index in [-0.39, 0.29) is 12.5 Å². The minimum atomic E-state index is -4.62. The van der Waals surface area contributed by atoms with Gasteiger partial charge in [-0.05, 0) is 103 Å². The molecule has 9 heteroatoms. The summed E-state index contributed by atoms with van der Waals surface area (Å²) in [7, 11) is 1.24. The molecule has 0 bridgehead atoms. The van der Waals surface area contributed by atoms with Crippen LogP contribution in [0.5, 0.6) is 0 Å². The number of phosphoric ester groups is 1. The lowest BCUT2D eigenvalue weighted by molar-refractivity contribution is -0.870. The molecule has 0 saturated heterocycles. The second-order valence-electron chi connectivity index (χ2n) is 25.9. The summed E-state index contributed by atoms with van der Waals surface area (Å²) in [6.07, 6.45) is 104. The number of carbonyl (C=O) groups excluding carboxylic acids is 1. The number of phosphoric acid groups is 1. The first kappa shape index (κ1) is 85.6. The third-order valence-corrected chi connectivity index (χ3v) is 17.1. The molecule has 0 aliphatic heterocycles. The molecule has 0 aliphatic rings. The van der Waals surface area contributed by atoms with E-state index in [9.17, 15) is 19.4 Å². The van der Waals surface area contributed by atoms with Crippen molar-refractivity contribution in [3.05, 3.63) is 134 Å². The van der Waals surface area contributed by atoms with E-state index in [1.54, 1.807) is 6.08 Å². The lowest BCUT2D eigenvalue weighted by Crippen LogP contribution is -2.45. The van der Waals surface area contributed by atoms with Crippen molar-refractivity contribution in [2.75, 3.05) is 40.9 Å². The molecule has 0 saturated carbocycles. The van der Waals surface area contributed by atoms with Crippen molar-refractivity contribution in [2.45, 2.75) is 328 Å². The standard InChI is InChI=1S/C80H141N2O6P/c1-6-8-10-12-14-16-18-20-22-24-26-28-30-32-34-35-36-37-38-39-40-41-42-43-44-45-46-47-48-50-52-54-56-58-60-62-64-66-68-70-72-74-80(84)81-78(77-88-89(85,86)87-76-75-82(3,4)5)79(83)73-71-69-67-65-63-61-59-57-55-53-51-49-33-31-29-27-25-23-21-19-17-15-13-11-9-7-2/h8,10,14,16,20,22,26,28,32,34,36-37,39-40,42-43,45-46,63,65,71,73,78-79,83H,6-7,9,11-13,15,17-19,21,23-25,27,29-31,33,35,38,41,44,47-62,64,66-70,72,74-77H2,1-5H3,(H-,81,84,85,86)/b10-8-,16-14-,22-20-,28-26-,34-32-,37-36-,40-39-,43-42-,46-45-,65-63+,73-71+. The van der Waals surface area contributed by atoms with E-state index in [1.807, 2.05) is 27.2 Å². The predicted molar refractivity (Wildman–Crippen MR) is 389 cm³/mol. The maximum atomic E-state index is 13.1. The minimum Gasteiger partial charge on any atom is -0.756 e. The molecule has 0 radical (unpaired) electrons. The highest BCUT2D eigenvalue weighted by Crippen LogP contribution is 2.38. The predicted octanol–water partition coefficient (Wildman–Crippen LogP) is 23.5. The largest absolute Gasteiger partial charge is 0.756 e. The third-order valence-electron chi connectivity index (χ3n) is 16.1. The van der Waals surface area contributed by atoms with Gasteiger partial charge in [0.05, 0.1) is 39.9 Å². The molecule has 89 heavy (non-hydrogen) atoms. The molecule has 0 aliphatic carbocycles. The van der Waals surface area contributed by atoms with Crippen LogP contribution in [0.25, 0.3) is 0 Å². The van der Waals surface area contributed by atoms with Gasteiger partial charge in [0, 0.05) is 6.42 Å². The summed E-state index contributed by atoms with van der Waals surface area (Å²) in [5, 5.41) is 14.0. The average molecular weight is 1260 g/mol. The molecule has 3 atom stereocenters. The van der Waals surface area contributed by atoms with Crippen molar-refractivity contribution in [3.8, 4) is 0 Å². The first-order valence-electron chi connectivity index (χ1n) is 37.0. The zero-order chi connectivity index (χ0) is 64.8. The van der Waals surface area contributed by atoms with Crippen LogP contribution in [0.15, 0.2) is 134 Å². The van der Waals surface area contributed by atoms with Crippen LogP contribution in [0.3, 0.4) is 0 Å². The highest BCUT2D eigenvalue weighted by Gasteiger charge is 2.23. The van der Waals surface area contributed by atoms with Crippen LogP contribution in [-0.4, -0.2) is 68.5 Å². The summed E-state index contributed by atoms with van der Waals surface area (Å²) < 4.78 is 23.5. The Balaban J connectivity index is 4.09. The summed E-state index contributed by atoms with van der Waals surface area (Å²) in [4.78, 5) is 25.7. The molecule has 8 nitrogen and oxygen atoms in total. The van der Waals surface area contributed by atoms with Crippen molar-refractivity contribution in [1.29, 1.82) is 0 Å². The lowest BCUT2D eigenvalue weighted by atomic mass is 10.0. The molecule has 3 unspecified atom stereocenters. The Kier molecular flexibility index (Phi) is 66.4. The number of likely N-dealkylation sites (N-methyl/N-ethyl adjacent to an activating group) is 1. The number of carbonyl (C=O) groups is 1. The van der Waals surface area contributed by atoms with Gasteiger partial charge in [-0.15, -0.1) is 0 Å². The third kappa shape index (κ3) is 71.9. The molecule has 0 heterocycles. The number of amides is 1. The second-order valence-corrected chi connectivity index (χ2v) is 27.3. The Morgan fingerprint density at radius 1 is 0.404 bits per heavy atom. The van der Waals surface area contributed by atoms with Crippen molar-refractivity contribution in [3.63, 3.8) is 0 Å². The molecule has 0 aromatic rings. The van der Waals surface area contributed by atoms with Gasteiger partial charge in [0.1, 0.15) is 13.2 Å². The smallest absolute Gasteiger partial charge is 0.268 e. The van der Waals surface area contributed by atoms with E-state index in [2.05, 4.69) is 141 Å². The molecular formula is C80H141N2O6P. The van der Waals surface area contributed by atoms with Gasteiger partial charge in [-0.1, -0.05) is 340 Å². The van der Waals surface area contributed by atoms with Gasteiger partial charge in [-0.3, -0.25) is 9.36 Å². The van der Waals surface area contributed by atoms with E-state index in [0.717, 1.165) is 96.3 Å². The quantitative estimate of drug-likeness (QED) is 0.0272. The van der Waals surface area contributed by atoms with Gasteiger partial charge >= 0.3 is 0 Å². The Morgan fingerprint density at radius 3 is 1.04 bits per heavy atom. The number of aliphatic hydroxyl groups excluding tert-OH is 1. The minimum absolute atomic E-state index is 0.0111. The van der Waals surface area contributed by atoms with Crippen LogP contribution < -0.4 is 10.2 Å². The van der Waals surface area contributed by atoms with Gasteiger partial charge in [0.25, 0.3) is 7.82 Å². The number of nitrogens with one attached hydrogen (secondary N) is 1. The number of aliphatic hydroxyl groups is 1. The monoisotopic (exact) mass is 1260 g/mol. The highest BCUT2D eigenvalue weighted by atomic mass is 31.2. The van der Waals surface area contributed by atoms with Crippen LogP contribution in [0.4, 0.5) is 0 Å². The van der Waals surface area contributed by atoms with Crippen LogP contribution in [0.2, 0.25) is 0 Å². The molecule has 512 valence electrons. The first-order valence-corrected chi connectivity index (χ1v) is 38.5. The first-order chi connectivity index (χ1) is 43.5. The Labute approximate surface area is 551 Å². The maximum absolute atomic E-state index is 13.1. The number of unbranched alkanes of at least 4 members (excludes halogenated alkanes) is 34. The van der Waals surface area contributed by atoms with Crippen molar-refractivity contribution < 1.29 is 32.9 Å². The van der Waals surface area contributed by atoms with Crippen molar-refractivity contribution in [1.82, 2.24) is 5.32 Å². The fraction of sp³-hybridized carbons (Fsp3) is 0.713. The fourth-order valence-corrected chi connectivity index (χ4v) is 11.1. The van der Waals surface area contributed by atoms with Crippen LogP contribution in [-0.2, 0) is 18.4 Å². The summed E-state index contributed by atoms with van der Waals surface area (Å²) in [5.74, 6) is -0.210. The fourth-order valence-electron chi connectivity index (χ4n) is 10.4. The van der Waals surface area contributed by atoms with Crippen molar-refractivity contribution >= 4 is 13.7 Å². The molecular weight excluding hydrogens is 1120 g/mol. The number of rotatable bonds is 67. The summed E-state index contributed by atoms with van der Waals surface area (Å²) in [6.45, 7) is 4.54. The molecule has 0 rings (SSSR count). The SMILES string of the molecule is CC/C=C\C/C=C\C/C=C\C/C=C\C/C=C\C/C=C\C/C=C\C/C=C\C/C=C\CCCCCCCCCCCCCCCC(=O)NC(COP(=O)([O-])OCC[N+](C)(C)C)C(O)/C=C/CC/C=C/CCCCCCCCCCCCCCCCCCCCCC. The molecule has 2 N–H and O–H groups in total. The summed E-state index contributed by atoms with van der Waals surface area (Å²) >= 11 is 0. The van der Waals surface area contributed by atoms with Crippen LogP contribution in [0, 0.1) is 0 Å². The summed E-state index contributed by atoms with van der Waals surface area (Å²) in [5.41, 5.74) is 0. The van der Waals surface area contributed by atoms with E-state index in [1.165, 1.54) is 199 Å². The highest BCUT2D eigenvalue weighted by molar-refractivity contribution is 7.45. The van der Waals surface area contributed by atoms with E-state index in [0.29, 0.717) is 17.4 Å². The van der Waals surface area contributed by atoms with Gasteiger partial charge in [0.15, 0.2) is 0 Å². The van der Waals surface area contributed by atoms with E-state index in [4.69, 9.17) is 9.05 Å². The average Bonchev–Trinajstić information content (AvgIpc) is 3.61. The van der Waals surface area contributed by atoms with Crippen LogP contribution >= 0.6 is 7.82 Å². The Bertz CT molecular complexity index is 1920. The molecule has 1 amide bonds. The van der Waals surface area contributed by atoms with E-state index < -0.39 is 26.6 Å². The second kappa shape index (κ2) is 69.0. The number of nitrogens with zero attached hydrogens (tertiary/aromatic N) is 1. The van der Waals surface area contributed by atoms with Crippen molar-refractivity contribution in [2.24, 2.45) is 0 Å². The Hall–Kier alpha value is -3.36. The Morgan fingerprint density at radius 2 is 0.697 bits per heavy atom. The molecule has 0 fully saturated rings. The zero-order valence-electron chi connectivity index (χ0n) is 58.6. The molecule has 0 aromatic heterocycles. The number of quaternary nitrogens is 1. The lowest BCUT2D eigenvalue weighted by Gasteiger charge is -2.29. The van der Waals surface area contributed by atoms with Gasteiger partial charge in [0.2, 0.25) is 5.91 Å². The number of allylic oxidation sites excluding steroid dienone is 21. The number of hydrogen-bond donors (Lipinski definition) is 2. The number of hydrogen-bond acceptors (Lipinski definition) is 6. The molecule has 0 spiro atoms. The van der Waals surface area contributed by atoms with Gasteiger partial charge in [-0.25, -0.2) is 0 Å². The molecule has 0 aromatic carbocycles. The normalized spacial score (nSPS) is 14.4. The zero-order valence-corrected chi connectivity index (χ0v) is 59.5. The van der Waals surface area contributed by atoms with Gasteiger partial charge < -0.3 is 28.8 Å². The summed E-state index contributed by atoms with van der Waals surface area (Å²) in [6, 6.07) is -0.914. The van der Waals surface area contributed by atoms with E-state index >= 15 is 0 Å². The van der Waals surface area contributed by atoms with Gasteiger partial charge in [-0.2, -0.15) is 0 Å². The topological polar surface area (TPSA) is 108 Å². The maximum Gasteiger partial charge on any atom is 0.268 e. The van der Waals surface area contributed by atoms with Crippen LogP contribution in [0.1, 0.15) is 316 Å².